The number of likely N-dealkylation sites (N-methyl/N-ethyl adjacent to an activating group) is 1. The Morgan fingerprint density at radius 2 is 2.00 bits per heavy atom. The van der Waals surface area contributed by atoms with E-state index in [0.29, 0.717) is 19.5 Å². The lowest BCUT2D eigenvalue weighted by Gasteiger charge is -2.21. The maximum absolute atomic E-state index is 11.8. The summed E-state index contributed by atoms with van der Waals surface area (Å²) in [5.74, 6) is -1.36. The lowest BCUT2D eigenvalue weighted by Crippen LogP contribution is -2.49. The number of amides is 3. The average Bonchev–Trinajstić information content (AvgIpc) is 2.91. The lowest BCUT2D eigenvalue weighted by molar-refractivity contribution is -0.142. The van der Waals surface area contributed by atoms with E-state index in [2.05, 4.69) is 10.6 Å². The fraction of sp³-hybridized carbons (Fsp3) is 0.786. The third-order valence-corrected chi connectivity index (χ3v) is 4.07. The monoisotopic (exact) mass is 299 g/mol. The molecule has 1 aliphatic rings. The van der Waals surface area contributed by atoms with E-state index in [0.717, 1.165) is 12.8 Å². The van der Waals surface area contributed by atoms with Gasteiger partial charge in [0.2, 0.25) is 5.91 Å². The Hall–Kier alpha value is -1.79. The number of nitrogens with zero attached hydrogens (tertiary/aromatic N) is 1. The quantitative estimate of drug-likeness (QED) is 0.670. The SMILES string of the molecule is CCN(C)C(=O)C(C)NC(=O)NCC1CCCC1C(=O)O. The maximum Gasteiger partial charge on any atom is 0.315 e. The van der Waals surface area contributed by atoms with Crippen LogP contribution in [0.2, 0.25) is 0 Å². The average molecular weight is 299 g/mol. The van der Waals surface area contributed by atoms with Crippen molar-refractivity contribution < 1.29 is 19.5 Å². The third-order valence-electron chi connectivity index (χ3n) is 4.07. The van der Waals surface area contributed by atoms with Gasteiger partial charge in [-0.3, -0.25) is 9.59 Å². The Labute approximate surface area is 125 Å². The molecule has 3 N–H and O–H groups in total. The molecule has 3 atom stereocenters. The number of carboxylic acid groups (broad SMARTS) is 1. The van der Waals surface area contributed by atoms with Crippen LogP contribution in [0, 0.1) is 11.8 Å². The minimum atomic E-state index is -0.798. The molecule has 0 aromatic heterocycles. The highest BCUT2D eigenvalue weighted by Crippen LogP contribution is 2.31. The number of carbonyl (C=O) groups is 3. The van der Waals surface area contributed by atoms with Gasteiger partial charge in [0.15, 0.2) is 0 Å². The lowest BCUT2D eigenvalue weighted by atomic mass is 9.96. The minimum Gasteiger partial charge on any atom is -0.481 e. The van der Waals surface area contributed by atoms with Gasteiger partial charge in [-0.15, -0.1) is 0 Å². The summed E-state index contributed by atoms with van der Waals surface area (Å²) in [5.41, 5.74) is 0. The molecule has 0 radical (unpaired) electrons. The number of nitrogens with one attached hydrogen (secondary N) is 2. The summed E-state index contributed by atoms with van der Waals surface area (Å²) >= 11 is 0. The molecule has 0 saturated heterocycles. The highest BCUT2D eigenvalue weighted by Gasteiger charge is 2.33. The van der Waals surface area contributed by atoms with E-state index in [1.165, 1.54) is 4.90 Å². The molecule has 3 amide bonds. The first-order chi connectivity index (χ1) is 9.86. The largest absolute Gasteiger partial charge is 0.481 e. The molecule has 1 aliphatic carbocycles. The predicted molar refractivity (Wildman–Crippen MR) is 77.8 cm³/mol. The van der Waals surface area contributed by atoms with Crippen LogP contribution in [0.4, 0.5) is 4.79 Å². The van der Waals surface area contributed by atoms with Gasteiger partial charge in [0.05, 0.1) is 5.92 Å². The molecular formula is C14H25N3O4. The predicted octanol–water partition coefficient (Wildman–Crippen LogP) is 0.653. The molecule has 0 aromatic carbocycles. The van der Waals surface area contributed by atoms with Crippen LogP contribution in [0.3, 0.4) is 0 Å². The van der Waals surface area contributed by atoms with Crippen LogP contribution in [0.25, 0.3) is 0 Å². The van der Waals surface area contributed by atoms with E-state index in [1.807, 2.05) is 6.92 Å². The van der Waals surface area contributed by atoms with Crippen molar-refractivity contribution in [3.05, 3.63) is 0 Å². The van der Waals surface area contributed by atoms with Gasteiger partial charge in [0.25, 0.3) is 0 Å². The first-order valence-corrected chi connectivity index (χ1v) is 7.39. The van der Waals surface area contributed by atoms with Gasteiger partial charge in [-0.05, 0) is 32.6 Å². The van der Waals surface area contributed by atoms with Crippen molar-refractivity contribution in [2.45, 2.75) is 39.2 Å². The molecule has 0 spiro atoms. The highest BCUT2D eigenvalue weighted by atomic mass is 16.4. The van der Waals surface area contributed by atoms with Crippen molar-refractivity contribution in [2.75, 3.05) is 20.1 Å². The molecule has 21 heavy (non-hydrogen) atoms. The summed E-state index contributed by atoms with van der Waals surface area (Å²) in [4.78, 5) is 36.2. The van der Waals surface area contributed by atoms with Crippen LogP contribution in [0.5, 0.6) is 0 Å². The summed E-state index contributed by atoms with van der Waals surface area (Å²) in [7, 11) is 1.68. The van der Waals surface area contributed by atoms with Crippen molar-refractivity contribution >= 4 is 17.9 Å². The summed E-state index contributed by atoms with van der Waals surface area (Å²) in [5, 5.41) is 14.3. The van der Waals surface area contributed by atoms with Gasteiger partial charge >= 0.3 is 12.0 Å². The molecular weight excluding hydrogens is 274 g/mol. The van der Waals surface area contributed by atoms with Crippen molar-refractivity contribution in [1.82, 2.24) is 15.5 Å². The topological polar surface area (TPSA) is 98.7 Å². The Bertz CT molecular complexity index is 400. The van der Waals surface area contributed by atoms with Crippen LogP contribution < -0.4 is 10.6 Å². The molecule has 3 unspecified atom stereocenters. The van der Waals surface area contributed by atoms with E-state index in [4.69, 9.17) is 5.11 Å². The summed E-state index contributed by atoms with van der Waals surface area (Å²) < 4.78 is 0. The van der Waals surface area contributed by atoms with Crippen LogP contribution in [-0.2, 0) is 9.59 Å². The fourth-order valence-electron chi connectivity index (χ4n) is 2.63. The number of hydrogen-bond acceptors (Lipinski definition) is 3. The second-order valence-corrected chi connectivity index (χ2v) is 5.56. The van der Waals surface area contributed by atoms with Crippen LogP contribution in [0.1, 0.15) is 33.1 Å². The van der Waals surface area contributed by atoms with Crippen molar-refractivity contribution in [1.29, 1.82) is 0 Å². The van der Waals surface area contributed by atoms with Crippen LogP contribution in [0.15, 0.2) is 0 Å². The maximum atomic E-state index is 11.8. The highest BCUT2D eigenvalue weighted by molar-refractivity contribution is 5.86. The number of rotatable bonds is 6. The molecule has 0 heterocycles. The molecule has 1 saturated carbocycles. The van der Waals surface area contributed by atoms with Crippen molar-refractivity contribution in [2.24, 2.45) is 11.8 Å². The number of carbonyl (C=O) groups excluding carboxylic acids is 2. The summed E-state index contributed by atoms with van der Waals surface area (Å²) in [6.07, 6.45) is 2.35. The Balaban J connectivity index is 2.37. The van der Waals surface area contributed by atoms with E-state index < -0.39 is 18.0 Å². The van der Waals surface area contributed by atoms with Gasteiger partial charge in [-0.2, -0.15) is 0 Å². The van der Waals surface area contributed by atoms with Crippen molar-refractivity contribution in [3.8, 4) is 0 Å². The van der Waals surface area contributed by atoms with E-state index >= 15 is 0 Å². The van der Waals surface area contributed by atoms with Gasteiger partial charge in [-0.1, -0.05) is 6.42 Å². The summed E-state index contributed by atoms with van der Waals surface area (Å²) in [6.45, 7) is 4.39. The zero-order chi connectivity index (χ0) is 16.0. The van der Waals surface area contributed by atoms with Gasteiger partial charge < -0.3 is 20.6 Å². The first kappa shape index (κ1) is 17.3. The van der Waals surface area contributed by atoms with Crippen LogP contribution >= 0.6 is 0 Å². The van der Waals surface area contributed by atoms with E-state index in [9.17, 15) is 14.4 Å². The van der Waals surface area contributed by atoms with E-state index in [-0.39, 0.29) is 17.7 Å². The molecule has 7 heteroatoms. The molecule has 1 fully saturated rings. The number of aliphatic carboxylic acids is 1. The number of hydrogen-bond donors (Lipinski definition) is 3. The molecule has 0 bridgehead atoms. The Kier molecular flexibility index (Phi) is 6.45. The number of urea groups is 1. The van der Waals surface area contributed by atoms with Gasteiger partial charge in [0, 0.05) is 20.1 Å². The summed E-state index contributed by atoms with van der Waals surface area (Å²) in [6, 6.07) is -1.04. The minimum absolute atomic E-state index is 0.0300. The van der Waals surface area contributed by atoms with Crippen LogP contribution in [-0.4, -0.2) is 54.1 Å². The zero-order valence-corrected chi connectivity index (χ0v) is 12.9. The number of carboxylic acids is 1. The third kappa shape index (κ3) is 4.91. The van der Waals surface area contributed by atoms with Crippen molar-refractivity contribution in [3.63, 3.8) is 0 Å². The fourth-order valence-corrected chi connectivity index (χ4v) is 2.63. The molecule has 120 valence electrons. The normalized spacial score (nSPS) is 22.4. The standard InChI is InChI=1S/C14H25N3O4/c1-4-17(3)12(18)9(2)16-14(21)15-8-10-6-5-7-11(10)13(19)20/h9-11H,4-8H2,1-3H3,(H,19,20)(H2,15,16,21). The molecule has 0 aliphatic heterocycles. The van der Waals surface area contributed by atoms with Gasteiger partial charge in [0.1, 0.15) is 6.04 Å². The second-order valence-electron chi connectivity index (χ2n) is 5.56. The molecule has 7 nitrogen and oxygen atoms in total. The molecule has 0 aromatic rings. The Morgan fingerprint density at radius 3 is 2.57 bits per heavy atom. The Morgan fingerprint density at radius 1 is 1.33 bits per heavy atom. The van der Waals surface area contributed by atoms with Gasteiger partial charge in [-0.25, -0.2) is 4.79 Å². The zero-order valence-electron chi connectivity index (χ0n) is 12.9. The van der Waals surface area contributed by atoms with E-state index in [1.54, 1.807) is 14.0 Å². The molecule has 1 rings (SSSR count). The second kappa shape index (κ2) is 7.85. The first-order valence-electron chi connectivity index (χ1n) is 7.39. The smallest absolute Gasteiger partial charge is 0.315 e.